The van der Waals surface area contributed by atoms with E-state index in [2.05, 4.69) is 34.9 Å². The normalized spacial score (nSPS) is 27.8. The number of aryl methyl sites for hydroxylation is 2. The van der Waals surface area contributed by atoms with E-state index in [4.69, 9.17) is 10.5 Å². The first-order valence-corrected chi connectivity index (χ1v) is 8.73. The van der Waals surface area contributed by atoms with E-state index in [1.54, 1.807) is 0 Å². The van der Waals surface area contributed by atoms with Gasteiger partial charge in [-0.1, -0.05) is 13.8 Å². The van der Waals surface area contributed by atoms with E-state index < -0.39 is 0 Å². The molecule has 5 heteroatoms. The molecule has 1 atom stereocenters. The number of methoxy groups -OCH3 is 1. The highest BCUT2D eigenvalue weighted by Gasteiger charge is 2.40. The molecular weight excluding hydrogens is 330 g/mol. The molecule has 1 aliphatic rings. The number of nitrogens with zero attached hydrogens (tertiary/aromatic N) is 2. The molecule has 1 fully saturated rings. The second-order valence-electron chi connectivity index (χ2n) is 6.45. The highest BCUT2D eigenvalue weighted by atomic mass is 79.9. The van der Waals surface area contributed by atoms with Crippen molar-refractivity contribution >= 4 is 15.9 Å². The van der Waals surface area contributed by atoms with Gasteiger partial charge in [-0.25, -0.2) is 0 Å². The van der Waals surface area contributed by atoms with Crippen LogP contribution in [0, 0.1) is 5.92 Å². The third-order valence-electron chi connectivity index (χ3n) is 5.12. The Bertz CT molecular complexity index is 478. The van der Waals surface area contributed by atoms with Crippen LogP contribution in [0.5, 0.6) is 0 Å². The van der Waals surface area contributed by atoms with Crippen LogP contribution in [0.2, 0.25) is 0 Å². The van der Waals surface area contributed by atoms with Crippen molar-refractivity contribution in [3.8, 4) is 0 Å². The molecule has 0 saturated heterocycles. The van der Waals surface area contributed by atoms with Crippen LogP contribution in [-0.4, -0.2) is 28.5 Å². The fraction of sp³-hybridized carbons (Fsp3) is 0.812. The summed E-state index contributed by atoms with van der Waals surface area (Å²) in [5.74, 6) is 0.788. The zero-order valence-electron chi connectivity index (χ0n) is 13.7. The van der Waals surface area contributed by atoms with Gasteiger partial charge in [0.25, 0.3) is 0 Å². The average Bonchev–Trinajstić information content (AvgIpc) is 2.75. The number of halogens is 1. The standard InChI is InChI=1S/C16H28BrN3O/c1-5-12-15(17)13(20(3)19-12)10-14(18)16(21-4)8-6-11(2)7-9-16/h11,14H,5-10,18H2,1-4H3. The van der Waals surface area contributed by atoms with Crippen molar-refractivity contribution in [2.45, 2.75) is 64.0 Å². The van der Waals surface area contributed by atoms with Crippen LogP contribution in [0.4, 0.5) is 0 Å². The molecule has 2 rings (SSSR count). The Kier molecular flexibility index (Phi) is 5.49. The maximum absolute atomic E-state index is 6.57. The Morgan fingerprint density at radius 3 is 2.57 bits per heavy atom. The molecule has 0 radical (unpaired) electrons. The van der Waals surface area contributed by atoms with Gasteiger partial charge in [0.2, 0.25) is 0 Å². The highest BCUT2D eigenvalue weighted by Crippen LogP contribution is 2.37. The number of aromatic nitrogens is 2. The zero-order valence-corrected chi connectivity index (χ0v) is 15.2. The Morgan fingerprint density at radius 2 is 2.10 bits per heavy atom. The molecule has 1 heterocycles. The monoisotopic (exact) mass is 357 g/mol. The van der Waals surface area contributed by atoms with Crippen LogP contribution in [0.3, 0.4) is 0 Å². The lowest BCUT2D eigenvalue weighted by Gasteiger charge is -2.42. The Labute approximate surface area is 136 Å². The number of nitrogens with two attached hydrogens (primary N) is 1. The molecule has 21 heavy (non-hydrogen) atoms. The first-order chi connectivity index (χ1) is 9.93. The van der Waals surface area contributed by atoms with Crippen molar-refractivity contribution in [3.05, 3.63) is 15.9 Å². The van der Waals surface area contributed by atoms with Crippen molar-refractivity contribution < 1.29 is 4.74 Å². The molecule has 1 aromatic rings. The van der Waals surface area contributed by atoms with Crippen LogP contribution >= 0.6 is 15.9 Å². The summed E-state index contributed by atoms with van der Waals surface area (Å²) in [6, 6.07) is 0.00593. The van der Waals surface area contributed by atoms with Crippen LogP contribution in [0.1, 0.15) is 50.9 Å². The second-order valence-corrected chi connectivity index (χ2v) is 7.24. The Morgan fingerprint density at radius 1 is 1.48 bits per heavy atom. The van der Waals surface area contributed by atoms with Crippen LogP contribution in [0.25, 0.3) is 0 Å². The van der Waals surface area contributed by atoms with Crippen molar-refractivity contribution in [3.63, 3.8) is 0 Å². The summed E-state index contributed by atoms with van der Waals surface area (Å²) < 4.78 is 8.97. The Hall–Kier alpha value is -0.390. The molecule has 2 N–H and O–H groups in total. The van der Waals surface area contributed by atoms with Gasteiger partial charge >= 0.3 is 0 Å². The largest absolute Gasteiger partial charge is 0.377 e. The minimum atomic E-state index is -0.178. The lowest BCUT2D eigenvalue weighted by Crippen LogP contribution is -2.52. The van der Waals surface area contributed by atoms with Gasteiger partial charge in [-0.3, -0.25) is 4.68 Å². The molecule has 0 amide bonds. The summed E-state index contributed by atoms with van der Waals surface area (Å²) >= 11 is 3.68. The van der Waals surface area contributed by atoms with Gasteiger partial charge < -0.3 is 10.5 Å². The van der Waals surface area contributed by atoms with E-state index in [0.717, 1.165) is 41.8 Å². The first-order valence-electron chi connectivity index (χ1n) is 7.94. The molecule has 0 spiro atoms. The molecule has 1 saturated carbocycles. The van der Waals surface area contributed by atoms with E-state index >= 15 is 0 Å². The van der Waals surface area contributed by atoms with Gasteiger partial charge in [-0.15, -0.1) is 0 Å². The molecule has 1 aromatic heterocycles. The second kappa shape index (κ2) is 6.80. The lowest BCUT2D eigenvalue weighted by molar-refractivity contribution is -0.0662. The van der Waals surface area contributed by atoms with Crippen molar-refractivity contribution in [2.24, 2.45) is 18.7 Å². The Balaban J connectivity index is 2.16. The molecule has 0 aromatic carbocycles. The highest BCUT2D eigenvalue weighted by molar-refractivity contribution is 9.10. The molecule has 120 valence electrons. The third-order valence-corrected chi connectivity index (χ3v) is 6.03. The van der Waals surface area contributed by atoms with Crippen LogP contribution in [0.15, 0.2) is 4.47 Å². The molecular formula is C16H28BrN3O. The predicted octanol–water partition coefficient (Wildman–Crippen LogP) is 3.21. The number of hydrogen-bond acceptors (Lipinski definition) is 3. The van der Waals surface area contributed by atoms with Gasteiger partial charge in [0.1, 0.15) is 0 Å². The number of rotatable bonds is 5. The summed E-state index contributed by atoms with van der Waals surface area (Å²) in [5.41, 5.74) is 8.67. The first kappa shape index (κ1) is 17.0. The van der Waals surface area contributed by atoms with Gasteiger partial charge in [0.05, 0.1) is 21.5 Å². The van der Waals surface area contributed by atoms with Crippen LogP contribution < -0.4 is 5.73 Å². The number of ether oxygens (including phenoxy) is 1. The summed E-state index contributed by atoms with van der Waals surface area (Å²) in [6.07, 6.45) is 6.25. The minimum absolute atomic E-state index is 0.00593. The third kappa shape index (κ3) is 3.35. The average molecular weight is 358 g/mol. The summed E-state index contributed by atoms with van der Waals surface area (Å²) in [4.78, 5) is 0. The van der Waals surface area contributed by atoms with E-state index in [9.17, 15) is 0 Å². The summed E-state index contributed by atoms with van der Waals surface area (Å²) in [6.45, 7) is 4.44. The van der Waals surface area contributed by atoms with Gasteiger partial charge in [0, 0.05) is 26.6 Å². The lowest BCUT2D eigenvalue weighted by atomic mass is 9.74. The van der Waals surface area contributed by atoms with E-state index in [1.807, 2.05) is 18.8 Å². The molecule has 0 aliphatic heterocycles. The summed E-state index contributed by atoms with van der Waals surface area (Å²) in [5, 5.41) is 4.56. The molecule has 1 aliphatic carbocycles. The maximum Gasteiger partial charge on any atom is 0.0832 e. The predicted molar refractivity (Wildman–Crippen MR) is 89.3 cm³/mol. The zero-order chi connectivity index (χ0) is 15.6. The SMILES string of the molecule is CCc1nn(C)c(CC(N)C2(OC)CCC(C)CC2)c1Br. The molecule has 4 nitrogen and oxygen atoms in total. The number of hydrogen-bond donors (Lipinski definition) is 1. The fourth-order valence-electron chi connectivity index (χ4n) is 3.41. The smallest absolute Gasteiger partial charge is 0.0832 e. The molecule has 1 unspecified atom stereocenters. The van der Waals surface area contributed by atoms with Crippen LogP contribution in [-0.2, 0) is 24.6 Å². The minimum Gasteiger partial charge on any atom is -0.377 e. The van der Waals surface area contributed by atoms with Gasteiger partial charge in [-0.2, -0.15) is 5.10 Å². The maximum atomic E-state index is 6.57. The van der Waals surface area contributed by atoms with Crippen molar-refractivity contribution in [1.82, 2.24) is 9.78 Å². The van der Waals surface area contributed by atoms with E-state index in [-0.39, 0.29) is 11.6 Å². The van der Waals surface area contributed by atoms with Crippen molar-refractivity contribution in [2.75, 3.05) is 7.11 Å². The quantitative estimate of drug-likeness (QED) is 0.879. The van der Waals surface area contributed by atoms with E-state index in [0.29, 0.717) is 0 Å². The topological polar surface area (TPSA) is 53.1 Å². The van der Waals surface area contributed by atoms with Crippen molar-refractivity contribution in [1.29, 1.82) is 0 Å². The van der Waals surface area contributed by atoms with Gasteiger partial charge in [0.15, 0.2) is 0 Å². The van der Waals surface area contributed by atoms with E-state index in [1.165, 1.54) is 18.5 Å². The van der Waals surface area contributed by atoms with Gasteiger partial charge in [-0.05, 0) is 54.0 Å². The fourth-order valence-corrected chi connectivity index (χ4v) is 4.19. The molecule has 0 bridgehead atoms. The summed E-state index contributed by atoms with van der Waals surface area (Å²) in [7, 11) is 3.81.